The highest BCUT2D eigenvalue weighted by molar-refractivity contribution is 5.79. The summed E-state index contributed by atoms with van der Waals surface area (Å²) in [6, 6.07) is 0. The third kappa shape index (κ3) is 3.49. The molecule has 7 heteroatoms. The number of likely N-dealkylation sites (N-methyl/N-ethyl adjacent to an activating group) is 1. The molecule has 0 aliphatic rings. The third-order valence-electron chi connectivity index (χ3n) is 2.69. The number of carbonyl (C=O) groups is 1. The average molecular weight is 260 g/mol. The molecular weight excluding hydrogens is 242 g/mol. The number of nitrogens with zero attached hydrogens (tertiary/aromatic N) is 2. The molecule has 0 aliphatic carbocycles. The maximum atomic E-state index is 12.6. The summed E-state index contributed by atoms with van der Waals surface area (Å²) >= 11 is 0. The number of alkyl halides is 2. The first kappa shape index (κ1) is 14.6. The molecule has 0 aliphatic heterocycles. The molecule has 1 aromatic rings. The Hall–Kier alpha value is -1.50. The molecular formula is C11H18F2N4O. The van der Waals surface area contributed by atoms with Gasteiger partial charge in [-0.3, -0.25) is 4.79 Å². The maximum absolute atomic E-state index is 12.6. The average Bonchev–Trinajstić information content (AvgIpc) is 2.57. The molecule has 0 saturated carbocycles. The van der Waals surface area contributed by atoms with E-state index in [0.717, 1.165) is 0 Å². The van der Waals surface area contributed by atoms with Crippen LogP contribution in [0.1, 0.15) is 23.5 Å². The molecule has 0 fully saturated rings. The monoisotopic (exact) mass is 260 g/mol. The first-order valence-corrected chi connectivity index (χ1v) is 5.71. The molecule has 0 atom stereocenters. The quantitative estimate of drug-likeness (QED) is 0.743. The first-order valence-electron chi connectivity index (χ1n) is 5.71. The van der Waals surface area contributed by atoms with E-state index >= 15 is 0 Å². The first-order chi connectivity index (χ1) is 8.47. The summed E-state index contributed by atoms with van der Waals surface area (Å²) in [6.45, 7) is 1.67. The molecule has 102 valence electrons. The number of nitrogens with one attached hydrogen (secondary N) is 2. The van der Waals surface area contributed by atoms with Crippen LogP contribution in [0.15, 0.2) is 0 Å². The summed E-state index contributed by atoms with van der Waals surface area (Å²) in [5.74, 6) is -0.190. The lowest BCUT2D eigenvalue weighted by Gasteiger charge is -2.06. The highest BCUT2D eigenvalue weighted by Gasteiger charge is 2.18. The topological polar surface area (TPSA) is 58.9 Å². The second kappa shape index (κ2) is 6.44. The normalized spacial score (nSPS) is 11.0. The smallest absolute Gasteiger partial charge is 0.333 e. The van der Waals surface area contributed by atoms with Crippen molar-refractivity contribution in [2.24, 2.45) is 0 Å². The van der Waals surface area contributed by atoms with Crippen LogP contribution in [-0.4, -0.2) is 35.8 Å². The van der Waals surface area contributed by atoms with E-state index in [1.165, 1.54) is 0 Å². The van der Waals surface area contributed by atoms with Crippen molar-refractivity contribution in [3.8, 4) is 0 Å². The number of hydrogen-bond donors (Lipinski definition) is 2. The zero-order valence-corrected chi connectivity index (χ0v) is 10.8. The Morgan fingerprint density at radius 1 is 1.39 bits per heavy atom. The van der Waals surface area contributed by atoms with Gasteiger partial charge in [0.2, 0.25) is 5.91 Å². The van der Waals surface area contributed by atoms with Crippen molar-refractivity contribution in [2.75, 3.05) is 20.1 Å². The minimum Gasteiger partial charge on any atom is -0.355 e. The van der Waals surface area contributed by atoms with Crippen molar-refractivity contribution in [1.82, 2.24) is 20.4 Å². The molecule has 1 amide bonds. The van der Waals surface area contributed by atoms with E-state index in [2.05, 4.69) is 15.7 Å². The minimum absolute atomic E-state index is 0.0775. The number of halogens is 2. The predicted octanol–water partition coefficient (Wildman–Crippen LogP) is 0.773. The maximum Gasteiger partial charge on any atom is 0.333 e. The molecule has 5 nitrogen and oxygen atoms in total. The van der Waals surface area contributed by atoms with E-state index in [4.69, 9.17) is 0 Å². The van der Waals surface area contributed by atoms with Crippen molar-refractivity contribution >= 4 is 5.91 Å². The van der Waals surface area contributed by atoms with Gasteiger partial charge in [0.05, 0.1) is 12.1 Å². The van der Waals surface area contributed by atoms with Crippen LogP contribution in [0.5, 0.6) is 0 Å². The van der Waals surface area contributed by atoms with E-state index in [-0.39, 0.29) is 12.3 Å². The van der Waals surface area contributed by atoms with Crippen LogP contribution in [0.3, 0.4) is 0 Å². The van der Waals surface area contributed by atoms with Crippen LogP contribution in [0.25, 0.3) is 0 Å². The van der Waals surface area contributed by atoms with E-state index in [0.29, 0.717) is 34.7 Å². The number of amides is 1. The number of aryl methyl sites for hydroxylation is 1. The van der Waals surface area contributed by atoms with Gasteiger partial charge < -0.3 is 10.6 Å². The molecule has 0 radical (unpaired) electrons. The van der Waals surface area contributed by atoms with Crippen LogP contribution < -0.4 is 10.6 Å². The van der Waals surface area contributed by atoms with Crippen molar-refractivity contribution in [3.63, 3.8) is 0 Å². The lowest BCUT2D eigenvalue weighted by atomic mass is 10.1. The van der Waals surface area contributed by atoms with Gasteiger partial charge in [-0.25, -0.2) is 4.68 Å². The SMILES string of the molecule is CNCCNC(=O)Cc1c(C)nn(C(F)F)c1C. The Bertz CT molecular complexity index is 417. The Morgan fingerprint density at radius 2 is 2.06 bits per heavy atom. The Kier molecular flexibility index (Phi) is 5.21. The minimum atomic E-state index is -2.68. The predicted molar refractivity (Wildman–Crippen MR) is 63.6 cm³/mol. The van der Waals surface area contributed by atoms with Crippen molar-refractivity contribution < 1.29 is 13.6 Å². The molecule has 1 aromatic heterocycles. The summed E-state index contributed by atoms with van der Waals surface area (Å²) in [6.07, 6.45) is 0.0775. The third-order valence-corrected chi connectivity index (χ3v) is 2.69. The highest BCUT2D eigenvalue weighted by Crippen LogP contribution is 2.19. The van der Waals surface area contributed by atoms with Gasteiger partial charge in [-0.05, 0) is 20.9 Å². The molecule has 1 rings (SSSR count). The summed E-state index contributed by atoms with van der Waals surface area (Å²) < 4.78 is 25.8. The molecule has 0 spiro atoms. The number of rotatable bonds is 6. The Labute approximate surface area is 105 Å². The molecule has 0 bridgehead atoms. The Balaban J connectivity index is 2.70. The fourth-order valence-corrected chi connectivity index (χ4v) is 1.69. The molecule has 1 heterocycles. The van der Waals surface area contributed by atoms with E-state index in [1.54, 1.807) is 20.9 Å². The largest absolute Gasteiger partial charge is 0.355 e. The van der Waals surface area contributed by atoms with Crippen molar-refractivity contribution in [1.29, 1.82) is 0 Å². The van der Waals surface area contributed by atoms with Crippen LogP contribution >= 0.6 is 0 Å². The van der Waals surface area contributed by atoms with Crippen LogP contribution in [0, 0.1) is 13.8 Å². The Morgan fingerprint density at radius 3 is 2.56 bits per heavy atom. The van der Waals surface area contributed by atoms with E-state index in [9.17, 15) is 13.6 Å². The fraction of sp³-hybridized carbons (Fsp3) is 0.636. The number of hydrogen-bond acceptors (Lipinski definition) is 3. The van der Waals surface area contributed by atoms with E-state index in [1.807, 2.05) is 0 Å². The second-order valence-electron chi connectivity index (χ2n) is 4.00. The van der Waals surface area contributed by atoms with Crippen LogP contribution in [-0.2, 0) is 11.2 Å². The van der Waals surface area contributed by atoms with Gasteiger partial charge in [-0.1, -0.05) is 0 Å². The number of aromatic nitrogens is 2. The summed E-state index contributed by atoms with van der Waals surface area (Å²) in [5.41, 5.74) is 1.38. The zero-order valence-electron chi connectivity index (χ0n) is 10.8. The molecule has 2 N–H and O–H groups in total. The van der Waals surface area contributed by atoms with Crippen LogP contribution in [0.4, 0.5) is 8.78 Å². The molecule has 0 saturated heterocycles. The second-order valence-corrected chi connectivity index (χ2v) is 4.00. The lowest BCUT2D eigenvalue weighted by molar-refractivity contribution is -0.120. The van der Waals surface area contributed by atoms with Gasteiger partial charge >= 0.3 is 6.55 Å². The molecule has 0 aromatic carbocycles. The van der Waals surface area contributed by atoms with Gasteiger partial charge in [0.25, 0.3) is 0 Å². The standard InChI is InChI=1S/C11H18F2N4O/c1-7-9(6-10(18)15-5-4-14-3)8(2)17(16-7)11(12)13/h11,14H,4-6H2,1-3H3,(H,15,18). The van der Waals surface area contributed by atoms with Gasteiger partial charge in [0.15, 0.2) is 0 Å². The van der Waals surface area contributed by atoms with E-state index < -0.39 is 6.55 Å². The summed E-state index contributed by atoms with van der Waals surface area (Å²) in [5, 5.41) is 9.33. The number of carbonyl (C=O) groups excluding carboxylic acids is 1. The highest BCUT2D eigenvalue weighted by atomic mass is 19.3. The van der Waals surface area contributed by atoms with Gasteiger partial charge in [0.1, 0.15) is 0 Å². The zero-order chi connectivity index (χ0) is 13.7. The van der Waals surface area contributed by atoms with Crippen molar-refractivity contribution in [3.05, 3.63) is 17.0 Å². The molecule has 18 heavy (non-hydrogen) atoms. The van der Waals surface area contributed by atoms with Gasteiger partial charge in [0, 0.05) is 24.3 Å². The van der Waals surface area contributed by atoms with Gasteiger partial charge in [-0.15, -0.1) is 0 Å². The molecule has 0 unspecified atom stereocenters. The summed E-state index contributed by atoms with van der Waals surface area (Å²) in [4.78, 5) is 11.6. The lowest BCUT2D eigenvalue weighted by Crippen LogP contribution is -2.31. The summed E-state index contributed by atoms with van der Waals surface area (Å²) in [7, 11) is 1.78. The fourth-order valence-electron chi connectivity index (χ4n) is 1.69. The van der Waals surface area contributed by atoms with Crippen molar-refractivity contribution in [2.45, 2.75) is 26.8 Å². The van der Waals surface area contributed by atoms with Crippen LogP contribution in [0.2, 0.25) is 0 Å². The van der Waals surface area contributed by atoms with Gasteiger partial charge in [-0.2, -0.15) is 13.9 Å².